The van der Waals surface area contributed by atoms with Crippen LogP contribution in [0.5, 0.6) is 0 Å². The lowest BCUT2D eigenvalue weighted by atomic mass is 10.4. The van der Waals surface area contributed by atoms with Gasteiger partial charge in [0.15, 0.2) is 0 Å². The first-order valence-electron chi connectivity index (χ1n) is 4.81. The van der Waals surface area contributed by atoms with Crippen molar-refractivity contribution in [2.24, 2.45) is 0 Å². The van der Waals surface area contributed by atoms with E-state index in [2.05, 4.69) is 10.0 Å². The second-order valence-electron chi connectivity index (χ2n) is 3.08. The fourth-order valence-electron chi connectivity index (χ4n) is 0.782. The Balaban J connectivity index is 3.35. The zero-order valence-corrected chi connectivity index (χ0v) is 9.89. The number of hydrogen-bond donors (Lipinski definition) is 2. The molecule has 1 amide bonds. The Bertz CT molecular complexity index is 276. The molecule has 0 radical (unpaired) electrons. The smallest absolute Gasteiger partial charge is 0.407 e. The zero-order chi connectivity index (χ0) is 11.7. The van der Waals surface area contributed by atoms with E-state index >= 15 is 0 Å². The highest BCUT2D eigenvalue weighted by Gasteiger charge is 2.01. The van der Waals surface area contributed by atoms with Crippen LogP contribution in [-0.4, -0.2) is 40.5 Å². The second kappa shape index (κ2) is 7.47. The van der Waals surface area contributed by atoms with Crippen LogP contribution in [0.3, 0.4) is 0 Å². The van der Waals surface area contributed by atoms with E-state index in [9.17, 15) is 13.2 Å². The summed E-state index contributed by atoms with van der Waals surface area (Å²) in [5, 5.41) is 2.51. The molecular weight excluding hydrogens is 220 g/mol. The summed E-state index contributed by atoms with van der Waals surface area (Å²) >= 11 is 0. The molecule has 7 heteroatoms. The van der Waals surface area contributed by atoms with Gasteiger partial charge in [-0.1, -0.05) is 6.92 Å². The molecule has 15 heavy (non-hydrogen) atoms. The van der Waals surface area contributed by atoms with Gasteiger partial charge in [-0.05, 0) is 12.8 Å². The van der Waals surface area contributed by atoms with Crippen LogP contribution in [0, 0.1) is 0 Å². The van der Waals surface area contributed by atoms with Gasteiger partial charge in [0.2, 0.25) is 10.0 Å². The van der Waals surface area contributed by atoms with Crippen LogP contribution in [0.1, 0.15) is 19.8 Å². The Labute approximate surface area is 90.4 Å². The third kappa shape index (κ3) is 11.1. The van der Waals surface area contributed by atoms with Gasteiger partial charge in [-0.3, -0.25) is 0 Å². The summed E-state index contributed by atoms with van der Waals surface area (Å²) in [6, 6.07) is 0. The summed E-state index contributed by atoms with van der Waals surface area (Å²) in [5.41, 5.74) is 0. The Morgan fingerprint density at radius 2 is 2.00 bits per heavy atom. The highest BCUT2D eigenvalue weighted by molar-refractivity contribution is 7.88. The molecule has 0 unspecified atom stereocenters. The number of amides is 1. The molecule has 0 saturated carbocycles. The van der Waals surface area contributed by atoms with Crippen molar-refractivity contribution in [2.45, 2.75) is 19.8 Å². The standard InChI is InChI=1S/C8H18N2O4S/c1-3-7-14-8(11)9-5-4-6-10-15(2,12)13/h10H,3-7H2,1-2H3,(H,9,11). The SMILES string of the molecule is CCCOC(=O)NCCCNS(C)(=O)=O. The average molecular weight is 238 g/mol. The number of rotatable bonds is 7. The van der Waals surface area contributed by atoms with Gasteiger partial charge < -0.3 is 10.1 Å². The molecule has 0 bridgehead atoms. The van der Waals surface area contributed by atoms with E-state index in [0.29, 0.717) is 26.1 Å². The van der Waals surface area contributed by atoms with Crippen molar-refractivity contribution in [1.29, 1.82) is 0 Å². The van der Waals surface area contributed by atoms with Crippen LogP contribution >= 0.6 is 0 Å². The number of carbonyl (C=O) groups is 1. The summed E-state index contributed by atoms with van der Waals surface area (Å²) in [6.45, 7) is 3.01. The summed E-state index contributed by atoms with van der Waals surface area (Å²) in [6.07, 6.45) is 1.95. The van der Waals surface area contributed by atoms with Gasteiger partial charge in [0, 0.05) is 13.1 Å². The molecule has 0 atom stereocenters. The first-order chi connectivity index (χ1) is 6.95. The molecule has 0 aromatic carbocycles. The van der Waals surface area contributed by atoms with E-state index in [1.807, 2.05) is 6.92 Å². The molecule has 90 valence electrons. The monoisotopic (exact) mass is 238 g/mol. The number of alkyl carbamates (subject to hydrolysis) is 1. The average Bonchev–Trinajstić information content (AvgIpc) is 2.12. The second-order valence-corrected chi connectivity index (χ2v) is 4.92. The maximum atomic E-state index is 10.9. The minimum Gasteiger partial charge on any atom is -0.450 e. The highest BCUT2D eigenvalue weighted by Crippen LogP contribution is 1.83. The molecule has 0 aromatic rings. The predicted octanol–water partition coefficient (Wildman–Crippen LogP) is 0.0619. The van der Waals surface area contributed by atoms with E-state index in [1.54, 1.807) is 0 Å². The van der Waals surface area contributed by atoms with Gasteiger partial charge in [-0.2, -0.15) is 0 Å². The third-order valence-electron chi connectivity index (χ3n) is 1.42. The minimum absolute atomic E-state index is 0.312. The molecule has 0 aliphatic carbocycles. The van der Waals surface area contributed by atoms with Crippen molar-refractivity contribution < 1.29 is 17.9 Å². The lowest BCUT2D eigenvalue weighted by Gasteiger charge is -2.05. The summed E-state index contributed by atoms with van der Waals surface area (Å²) < 4.78 is 28.4. The fraction of sp³-hybridized carbons (Fsp3) is 0.875. The summed E-state index contributed by atoms with van der Waals surface area (Å²) in [4.78, 5) is 10.9. The predicted molar refractivity (Wildman–Crippen MR) is 57.1 cm³/mol. The van der Waals surface area contributed by atoms with E-state index < -0.39 is 16.1 Å². The van der Waals surface area contributed by atoms with Crippen LogP contribution in [-0.2, 0) is 14.8 Å². The van der Waals surface area contributed by atoms with E-state index in [-0.39, 0.29) is 0 Å². The quantitative estimate of drug-likeness (QED) is 0.614. The molecule has 0 rings (SSSR count). The molecule has 6 nitrogen and oxygen atoms in total. The van der Waals surface area contributed by atoms with Crippen molar-refractivity contribution >= 4 is 16.1 Å². The van der Waals surface area contributed by atoms with Crippen molar-refractivity contribution in [2.75, 3.05) is 26.0 Å². The molecule has 0 heterocycles. The maximum absolute atomic E-state index is 10.9. The third-order valence-corrected chi connectivity index (χ3v) is 2.15. The fourth-order valence-corrected chi connectivity index (χ4v) is 1.30. The van der Waals surface area contributed by atoms with Crippen molar-refractivity contribution in [3.63, 3.8) is 0 Å². The highest BCUT2D eigenvalue weighted by atomic mass is 32.2. The Hall–Kier alpha value is -0.820. The van der Waals surface area contributed by atoms with Crippen molar-refractivity contribution in [3.8, 4) is 0 Å². The van der Waals surface area contributed by atoms with E-state index in [1.165, 1.54) is 0 Å². The van der Waals surface area contributed by atoms with Crippen molar-refractivity contribution in [3.05, 3.63) is 0 Å². The number of carbonyl (C=O) groups excluding carboxylic acids is 1. The van der Waals surface area contributed by atoms with Crippen LogP contribution < -0.4 is 10.0 Å². The number of hydrogen-bond acceptors (Lipinski definition) is 4. The molecule has 0 fully saturated rings. The molecule has 0 aromatic heterocycles. The topological polar surface area (TPSA) is 84.5 Å². The normalized spacial score (nSPS) is 11.1. The molecule has 0 aliphatic heterocycles. The van der Waals surface area contributed by atoms with Gasteiger partial charge in [-0.15, -0.1) is 0 Å². The molecule has 0 spiro atoms. The molecule has 0 aliphatic rings. The Morgan fingerprint density at radius 1 is 1.33 bits per heavy atom. The first kappa shape index (κ1) is 14.2. The van der Waals surface area contributed by atoms with E-state index in [0.717, 1.165) is 12.7 Å². The first-order valence-corrected chi connectivity index (χ1v) is 6.70. The van der Waals surface area contributed by atoms with E-state index in [4.69, 9.17) is 4.74 Å². The zero-order valence-electron chi connectivity index (χ0n) is 9.08. The molecule has 2 N–H and O–H groups in total. The number of sulfonamides is 1. The summed E-state index contributed by atoms with van der Waals surface area (Å²) in [5.74, 6) is 0. The maximum Gasteiger partial charge on any atom is 0.407 e. The number of nitrogens with one attached hydrogen (secondary N) is 2. The van der Waals surface area contributed by atoms with Crippen LogP contribution in [0.2, 0.25) is 0 Å². The molecule has 0 saturated heterocycles. The van der Waals surface area contributed by atoms with Gasteiger partial charge in [0.25, 0.3) is 0 Å². The van der Waals surface area contributed by atoms with Gasteiger partial charge in [0.1, 0.15) is 0 Å². The largest absolute Gasteiger partial charge is 0.450 e. The van der Waals surface area contributed by atoms with Crippen LogP contribution in [0.15, 0.2) is 0 Å². The Kier molecular flexibility index (Phi) is 7.06. The Morgan fingerprint density at radius 3 is 2.53 bits per heavy atom. The lowest BCUT2D eigenvalue weighted by Crippen LogP contribution is -2.29. The minimum atomic E-state index is -3.13. The van der Waals surface area contributed by atoms with Gasteiger partial charge >= 0.3 is 6.09 Å². The molecular formula is C8H18N2O4S. The van der Waals surface area contributed by atoms with Gasteiger partial charge in [-0.25, -0.2) is 17.9 Å². The van der Waals surface area contributed by atoms with Crippen LogP contribution in [0.25, 0.3) is 0 Å². The van der Waals surface area contributed by atoms with Crippen molar-refractivity contribution in [1.82, 2.24) is 10.0 Å². The van der Waals surface area contributed by atoms with Crippen LogP contribution in [0.4, 0.5) is 4.79 Å². The summed E-state index contributed by atoms with van der Waals surface area (Å²) in [7, 11) is -3.13. The number of ether oxygens (including phenoxy) is 1. The lowest BCUT2D eigenvalue weighted by molar-refractivity contribution is 0.146. The van der Waals surface area contributed by atoms with Gasteiger partial charge in [0.05, 0.1) is 12.9 Å².